The van der Waals surface area contributed by atoms with Crippen LogP contribution in [0.3, 0.4) is 0 Å². The minimum atomic E-state index is -1.48. The van der Waals surface area contributed by atoms with Crippen molar-refractivity contribution in [3.05, 3.63) is 66.2 Å². The molecule has 2 aliphatic rings. The van der Waals surface area contributed by atoms with Gasteiger partial charge in [-0.15, -0.1) is 0 Å². The minimum Gasteiger partial charge on any atom is -0.494 e. The van der Waals surface area contributed by atoms with Crippen molar-refractivity contribution in [1.29, 1.82) is 0 Å². The third-order valence-corrected chi connectivity index (χ3v) is 7.28. The molecule has 0 saturated carbocycles. The van der Waals surface area contributed by atoms with Crippen LogP contribution in [0.2, 0.25) is 0 Å². The molecule has 2 aliphatic heterocycles. The Morgan fingerprint density at radius 3 is 2.40 bits per heavy atom. The van der Waals surface area contributed by atoms with E-state index in [0.29, 0.717) is 25.1 Å². The Bertz CT molecular complexity index is 1280. The summed E-state index contributed by atoms with van der Waals surface area (Å²) in [5.41, 5.74) is -0.780. The number of ether oxygens (including phenoxy) is 1. The van der Waals surface area contributed by atoms with Gasteiger partial charge in [-0.3, -0.25) is 14.4 Å². The summed E-state index contributed by atoms with van der Waals surface area (Å²) in [6.45, 7) is 3.42. The van der Waals surface area contributed by atoms with Crippen molar-refractivity contribution in [3.63, 3.8) is 0 Å². The van der Waals surface area contributed by atoms with Crippen molar-refractivity contribution in [2.24, 2.45) is 10.5 Å². The predicted molar refractivity (Wildman–Crippen MR) is 148 cm³/mol. The average molecular weight is 550 g/mol. The number of para-hydroxylation sites is 1. The number of carboxylic acid groups (broad SMARTS) is 1. The first-order valence-electron chi connectivity index (χ1n) is 13.2. The maximum absolute atomic E-state index is 14.0. The van der Waals surface area contributed by atoms with E-state index in [1.807, 2.05) is 48.5 Å². The number of amides is 4. The highest BCUT2D eigenvalue weighted by molar-refractivity contribution is 6.13. The molecule has 0 spiro atoms. The summed E-state index contributed by atoms with van der Waals surface area (Å²) in [6, 6.07) is 17.7. The zero-order valence-electron chi connectivity index (χ0n) is 22.9. The summed E-state index contributed by atoms with van der Waals surface area (Å²) in [6.07, 6.45) is -0.407. The molecule has 0 radical (unpaired) electrons. The standard InChI is InChI=1S/C29H35N5O6/c1-28(2,31-27(38)39)25(36)30-22(15-17-40-21-12-8-5-9-13-21)24(35)34-16-14-23-29(19-34,26(37)33(3)32-23)18-20-10-6-4-7-11-20/h4-13,22,31H,14-19H2,1-3H3,(H,30,36)(H,38,39). The van der Waals surface area contributed by atoms with Crippen molar-refractivity contribution in [1.82, 2.24) is 20.5 Å². The summed E-state index contributed by atoms with van der Waals surface area (Å²) in [7, 11) is 1.62. The molecular formula is C29H35N5O6. The fourth-order valence-electron chi connectivity index (χ4n) is 5.17. The molecular weight excluding hydrogens is 514 g/mol. The Morgan fingerprint density at radius 1 is 1.10 bits per heavy atom. The number of carbonyl (C=O) groups excluding carboxylic acids is 3. The minimum absolute atomic E-state index is 0.116. The number of nitrogens with one attached hydrogen (secondary N) is 2. The number of likely N-dealkylation sites (tertiary alicyclic amines) is 1. The van der Waals surface area contributed by atoms with E-state index in [1.54, 1.807) is 24.1 Å². The van der Waals surface area contributed by atoms with Gasteiger partial charge in [-0.2, -0.15) is 5.10 Å². The normalized spacial score (nSPS) is 19.4. The van der Waals surface area contributed by atoms with Crippen LogP contribution in [-0.4, -0.2) is 82.9 Å². The second kappa shape index (κ2) is 11.8. The lowest BCUT2D eigenvalue weighted by molar-refractivity contribution is -0.142. The number of hydrogen-bond donors (Lipinski definition) is 3. The van der Waals surface area contributed by atoms with Crippen LogP contribution in [0.1, 0.15) is 32.3 Å². The molecule has 11 heteroatoms. The number of nitrogens with zero attached hydrogens (tertiary/aromatic N) is 3. The van der Waals surface area contributed by atoms with Gasteiger partial charge in [0.15, 0.2) is 0 Å². The maximum Gasteiger partial charge on any atom is 0.405 e. The summed E-state index contributed by atoms with van der Waals surface area (Å²) >= 11 is 0. The smallest absolute Gasteiger partial charge is 0.405 e. The predicted octanol–water partition coefficient (Wildman–Crippen LogP) is 2.28. The van der Waals surface area contributed by atoms with Gasteiger partial charge in [0.2, 0.25) is 11.8 Å². The number of fused-ring (bicyclic) bond motifs is 1. The number of hydrogen-bond acceptors (Lipinski definition) is 6. The van der Waals surface area contributed by atoms with Crippen LogP contribution in [0.5, 0.6) is 5.75 Å². The second-order valence-corrected chi connectivity index (χ2v) is 10.7. The second-order valence-electron chi connectivity index (χ2n) is 10.7. The quantitative estimate of drug-likeness (QED) is 0.415. The molecule has 0 bridgehead atoms. The van der Waals surface area contributed by atoms with Gasteiger partial charge in [0, 0.05) is 33.0 Å². The van der Waals surface area contributed by atoms with Gasteiger partial charge in [-0.25, -0.2) is 9.80 Å². The molecule has 3 N–H and O–H groups in total. The molecule has 11 nitrogen and oxygen atoms in total. The number of benzene rings is 2. The first kappa shape index (κ1) is 28.6. The Labute approximate surface area is 233 Å². The van der Waals surface area contributed by atoms with Crippen LogP contribution in [0.4, 0.5) is 4.79 Å². The van der Waals surface area contributed by atoms with Crippen LogP contribution >= 0.6 is 0 Å². The molecule has 2 aromatic carbocycles. The van der Waals surface area contributed by atoms with Gasteiger partial charge in [0.25, 0.3) is 5.91 Å². The Balaban J connectivity index is 1.56. The summed E-state index contributed by atoms with van der Waals surface area (Å²) in [5, 5.41) is 19.9. The van der Waals surface area contributed by atoms with Crippen LogP contribution in [0.25, 0.3) is 0 Å². The molecule has 1 saturated heterocycles. The molecule has 2 aromatic rings. The molecule has 40 heavy (non-hydrogen) atoms. The van der Waals surface area contributed by atoms with Crippen molar-refractivity contribution < 1.29 is 29.0 Å². The molecule has 212 valence electrons. The molecule has 1 fully saturated rings. The van der Waals surface area contributed by atoms with Gasteiger partial charge >= 0.3 is 6.09 Å². The Kier molecular flexibility index (Phi) is 8.41. The third kappa shape index (κ3) is 6.24. The van der Waals surface area contributed by atoms with E-state index in [2.05, 4.69) is 15.7 Å². The van der Waals surface area contributed by atoms with Crippen LogP contribution < -0.4 is 15.4 Å². The number of piperidine rings is 1. The topological polar surface area (TPSA) is 141 Å². The van der Waals surface area contributed by atoms with Crippen molar-refractivity contribution in [2.45, 2.75) is 44.7 Å². The number of rotatable bonds is 10. The van der Waals surface area contributed by atoms with E-state index in [9.17, 15) is 19.2 Å². The summed E-state index contributed by atoms with van der Waals surface area (Å²) < 4.78 is 5.79. The van der Waals surface area contributed by atoms with Gasteiger partial charge < -0.3 is 25.4 Å². The van der Waals surface area contributed by atoms with Gasteiger partial charge in [-0.1, -0.05) is 48.5 Å². The summed E-state index contributed by atoms with van der Waals surface area (Å²) in [5.74, 6) is -0.579. The molecule has 0 aromatic heterocycles. The third-order valence-electron chi connectivity index (χ3n) is 7.28. The van der Waals surface area contributed by atoms with Gasteiger partial charge in [-0.05, 0) is 38.0 Å². The molecule has 4 amide bonds. The molecule has 2 heterocycles. The van der Waals surface area contributed by atoms with Crippen LogP contribution in [0, 0.1) is 5.41 Å². The fourth-order valence-corrected chi connectivity index (χ4v) is 5.17. The van der Waals surface area contributed by atoms with E-state index in [4.69, 9.17) is 9.84 Å². The van der Waals surface area contributed by atoms with Crippen LogP contribution in [-0.2, 0) is 20.8 Å². The Morgan fingerprint density at radius 2 is 1.75 bits per heavy atom. The van der Waals surface area contributed by atoms with E-state index < -0.39 is 29.0 Å². The lowest BCUT2D eigenvalue weighted by atomic mass is 9.73. The average Bonchev–Trinajstić information content (AvgIpc) is 3.16. The zero-order chi connectivity index (χ0) is 28.9. The monoisotopic (exact) mass is 549 g/mol. The molecule has 0 aliphatic carbocycles. The van der Waals surface area contributed by atoms with Crippen molar-refractivity contribution in [2.75, 3.05) is 26.7 Å². The first-order valence-corrected chi connectivity index (χ1v) is 13.2. The largest absolute Gasteiger partial charge is 0.494 e. The van der Waals surface area contributed by atoms with Gasteiger partial charge in [0.1, 0.15) is 22.7 Å². The number of carbonyl (C=O) groups is 4. The van der Waals surface area contributed by atoms with Gasteiger partial charge in [0.05, 0.1) is 12.3 Å². The SMILES string of the molecule is CN1N=C2CCN(C(=O)C(CCOc3ccccc3)NC(=O)C(C)(C)NC(=O)O)CC2(Cc2ccccc2)C1=O. The highest BCUT2D eigenvalue weighted by atomic mass is 16.5. The zero-order valence-corrected chi connectivity index (χ0v) is 22.9. The van der Waals surface area contributed by atoms with Crippen molar-refractivity contribution in [3.8, 4) is 5.75 Å². The molecule has 4 rings (SSSR count). The lowest BCUT2D eigenvalue weighted by Gasteiger charge is -2.41. The van der Waals surface area contributed by atoms with Crippen LogP contribution in [0.15, 0.2) is 65.8 Å². The fraction of sp³-hybridized carbons (Fsp3) is 0.414. The van der Waals surface area contributed by atoms with E-state index in [0.717, 1.165) is 11.3 Å². The molecule has 2 unspecified atom stereocenters. The maximum atomic E-state index is 14.0. The van der Waals surface area contributed by atoms with E-state index in [1.165, 1.54) is 18.9 Å². The first-order chi connectivity index (χ1) is 19.0. The van der Waals surface area contributed by atoms with E-state index >= 15 is 0 Å². The highest BCUT2D eigenvalue weighted by Gasteiger charge is 2.54. The van der Waals surface area contributed by atoms with Crippen molar-refractivity contribution >= 4 is 29.5 Å². The number of hydrazone groups is 1. The lowest BCUT2D eigenvalue weighted by Crippen LogP contribution is -2.62. The highest BCUT2D eigenvalue weighted by Crippen LogP contribution is 2.38. The summed E-state index contributed by atoms with van der Waals surface area (Å²) in [4.78, 5) is 53.3. The molecule has 2 atom stereocenters. The Hall–Kier alpha value is -4.41. The van der Waals surface area contributed by atoms with E-state index in [-0.39, 0.29) is 31.4 Å².